The Morgan fingerprint density at radius 2 is 2.07 bits per heavy atom. The fraction of sp³-hybridized carbons (Fsp3) is 0.125. The summed E-state index contributed by atoms with van der Waals surface area (Å²) in [5.74, 6) is 0.150. The Bertz CT molecular complexity index is 1270. The van der Waals surface area contributed by atoms with E-state index in [1.165, 1.54) is 6.07 Å². The quantitative estimate of drug-likeness (QED) is 0.308. The van der Waals surface area contributed by atoms with Crippen LogP contribution in [0.25, 0.3) is 33.5 Å². The Kier molecular flexibility index (Phi) is 5.06. The number of tetrazole rings is 1. The van der Waals surface area contributed by atoms with Crippen LogP contribution in [0.5, 0.6) is 0 Å². The minimum atomic E-state index is -4.29. The van der Waals surface area contributed by atoms with Crippen molar-refractivity contribution in [3.63, 3.8) is 0 Å². The largest absolute Gasteiger partial charge is 0.611 e. The number of aromatic nitrogens is 6. The van der Waals surface area contributed by atoms with Crippen molar-refractivity contribution in [3.05, 3.63) is 36.7 Å². The van der Waals surface area contributed by atoms with Crippen molar-refractivity contribution in [2.24, 2.45) is 10.9 Å². The number of nitrogens with two attached hydrogens (primary N) is 2. The molecule has 0 saturated heterocycles. The summed E-state index contributed by atoms with van der Waals surface area (Å²) in [6.07, 6.45) is 3.34. The molecule has 1 aromatic carbocycles. The van der Waals surface area contributed by atoms with Gasteiger partial charge in [0, 0.05) is 29.9 Å². The van der Waals surface area contributed by atoms with E-state index in [1.807, 2.05) is 12.1 Å². The predicted octanol–water partition coefficient (Wildman–Crippen LogP) is 0.124. The lowest BCUT2D eigenvalue weighted by atomic mass is 10.00. The van der Waals surface area contributed by atoms with Crippen molar-refractivity contribution in [1.29, 1.82) is 0 Å². The van der Waals surface area contributed by atoms with Gasteiger partial charge >= 0.3 is 0 Å². The molecule has 0 radical (unpaired) electrons. The Labute approximate surface area is 168 Å². The molecule has 13 heteroatoms. The van der Waals surface area contributed by atoms with Gasteiger partial charge in [-0.25, -0.2) is 23.6 Å². The maximum Gasteiger partial charge on any atom is 0.243 e. The summed E-state index contributed by atoms with van der Waals surface area (Å²) in [4.78, 5) is 7.08. The molecule has 4 rings (SSSR count). The molecule has 3 aromatic heterocycles. The number of fused-ring (bicyclic) bond motifs is 1. The van der Waals surface area contributed by atoms with Gasteiger partial charge in [0.2, 0.25) is 10.0 Å². The lowest BCUT2D eigenvalue weighted by Gasteiger charge is -2.17. The van der Waals surface area contributed by atoms with Crippen molar-refractivity contribution >= 4 is 32.2 Å². The standard InChI is InChI=1S/C16H16N8O3S2/c17-4-6-28(25)12-2-1-11(10-7-9-3-5-19-15(9)20-8-10)13(14(12)29(18,26)27)16-21-23-24-22-16/h1-3,5,7-8H,4,6,17H2,(H,19,20)(H2,18,26,27)(H,21,22,23,24). The molecule has 1 atom stereocenters. The van der Waals surface area contributed by atoms with Crippen molar-refractivity contribution in [3.8, 4) is 22.5 Å². The number of primary sulfonamides is 1. The Morgan fingerprint density at radius 3 is 2.76 bits per heavy atom. The first-order chi connectivity index (χ1) is 13.9. The van der Waals surface area contributed by atoms with Crippen molar-refractivity contribution < 1.29 is 13.0 Å². The van der Waals surface area contributed by atoms with Crippen LogP contribution in [-0.4, -0.2) is 55.9 Å². The summed E-state index contributed by atoms with van der Waals surface area (Å²) in [7, 11) is -4.29. The molecule has 0 bridgehead atoms. The van der Waals surface area contributed by atoms with Crippen LogP contribution in [0.3, 0.4) is 0 Å². The van der Waals surface area contributed by atoms with Crippen molar-refractivity contribution in [2.45, 2.75) is 9.79 Å². The van der Waals surface area contributed by atoms with Gasteiger partial charge in [-0.1, -0.05) is 0 Å². The van der Waals surface area contributed by atoms with Gasteiger partial charge in [0.05, 0.1) is 5.56 Å². The van der Waals surface area contributed by atoms with E-state index in [-0.39, 0.29) is 33.5 Å². The molecular formula is C16H16N8O3S2. The smallest absolute Gasteiger partial charge is 0.243 e. The second-order valence-corrected chi connectivity index (χ2v) is 9.13. The summed E-state index contributed by atoms with van der Waals surface area (Å²) < 4.78 is 37.7. The fourth-order valence-corrected chi connectivity index (χ4v) is 5.50. The highest BCUT2D eigenvalue weighted by atomic mass is 32.2. The molecular weight excluding hydrogens is 416 g/mol. The molecule has 6 N–H and O–H groups in total. The zero-order valence-corrected chi connectivity index (χ0v) is 16.5. The molecule has 0 aliphatic carbocycles. The SMILES string of the molecule is NCC[S+]([O-])c1ccc(-c2cnc3[nH]ccc3c2)c(-c2nnn[nH]2)c1S(N)(=O)=O. The highest BCUT2D eigenvalue weighted by Gasteiger charge is 2.31. The fourth-order valence-electron chi connectivity index (χ4n) is 3.07. The molecule has 150 valence electrons. The van der Waals surface area contributed by atoms with E-state index in [9.17, 15) is 13.0 Å². The van der Waals surface area contributed by atoms with E-state index in [4.69, 9.17) is 10.9 Å². The van der Waals surface area contributed by atoms with Crippen LogP contribution >= 0.6 is 0 Å². The second-order valence-electron chi connectivity index (χ2n) is 6.09. The minimum Gasteiger partial charge on any atom is -0.611 e. The summed E-state index contributed by atoms with van der Waals surface area (Å²) in [5, 5.41) is 19.8. The molecule has 0 amide bonds. The molecule has 1 unspecified atom stereocenters. The highest BCUT2D eigenvalue weighted by molar-refractivity contribution is 7.93. The third kappa shape index (κ3) is 3.61. The first-order valence-electron chi connectivity index (χ1n) is 8.36. The number of pyridine rings is 1. The Morgan fingerprint density at radius 1 is 1.24 bits per heavy atom. The van der Waals surface area contributed by atoms with E-state index in [0.717, 1.165) is 5.39 Å². The van der Waals surface area contributed by atoms with Crippen LogP contribution < -0.4 is 10.9 Å². The number of hydrogen-bond donors (Lipinski definition) is 4. The van der Waals surface area contributed by atoms with Crippen LogP contribution in [0.15, 0.2) is 46.5 Å². The molecule has 3 heterocycles. The maximum atomic E-state index is 12.7. The van der Waals surface area contributed by atoms with Gasteiger partial charge < -0.3 is 15.3 Å². The van der Waals surface area contributed by atoms with E-state index in [1.54, 1.807) is 18.5 Å². The van der Waals surface area contributed by atoms with E-state index in [2.05, 4.69) is 30.6 Å². The number of H-pyrrole nitrogens is 2. The first-order valence-corrected chi connectivity index (χ1v) is 11.2. The van der Waals surface area contributed by atoms with E-state index < -0.39 is 21.2 Å². The normalized spacial score (nSPS) is 13.1. The average Bonchev–Trinajstić information content (AvgIpc) is 3.37. The number of nitrogens with zero attached hydrogens (tertiary/aromatic N) is 4. The summed E-state index contributed by atoms with van der Waals surface area (Å²) in [5.41, 5.74) is 7.39. The lowest BCUT2D eigenvalue weighted by Crippen LogP contribution is -2.22. The van der Waals surface area contributed by atoms with Gasteiger partial charge in [-0.2, -0.15) is 0 Å². The monoisotopic (exact) mass is 432 g/mol. The third-order valence-electron chi connectivity index (χ3n) is 4.25. The Hall–Kier alpha value is -2.84. The topological polar surface area (TPSA) is 192 Å². The summed E-state index contributed by atoms with van der Waals surface area (Å²) in [6, 6.07) is 6.79. The molecule has 11 nitrogen and oxygen atoms in total. The molecule has 0 aliphatic heterocycles. The third-order valence-corrected chi connectivity index (χ3v) is 6.81. The van der Waals surface area contributed by atoms with Crippen LogP contribution in [0.2, 0.25) is 0 Å². The Balaban J connectivity index is 2.06. The van der Waals surface area contributed by atoms with Crippen molar-refractivity contribution in [1.82, 2.24) is 30.6 Å². The van der Waals surface area contributed by atoms with Gasteiger partial charge in [0.15, 0.2) is 10.7 Å². The van der Waals surface area contributed by atoms with E-state index >= 15 is 0 Å². The minimum absolute atomic E-state index is 0.0452. The van der Waals surface area contributed by atoms with Gasteiger partial charge in [-0.3, -0.25) is 0 Å². The number of hydrogen-bond acceptors (Lipinski definition) is 8. The van der Waals surface area contributed by atoms with E-state index in [0.29, 0.717) is 16.8 Å². The number of aromatic amines is 2. The lowest BCUT2D eigenvalue weighted by molar-refractivity contribution is 0.583. The molecule has 29 heavy (non-hydrogen) atoms. The molecule has 0 aliphatic rings. The number of nitrogens with one attached hydrogen (secondary N) is 2. The molecule has 4 aromatic rings. The predicted molar refractivity (Wildman–Crippen MR) is 106 cm³/mol. The average molecular weight is 432 g/mol. The van der Waals surface area contributed by atoms with Crippen molar-refractivity contribution in [2.75, 3.05) is 12.3 Å². The van der Waals surface area contributed by atoms with Gasteiger partial charge in [-0.15, -0.1) is 5.10 Å². The maximum absolute atomic E-state index is 12.7. The van der Waals surface area contributed by atoms with Crippen LogP contribution in [-0.2, 0) is 21.2 Å². The van der Waals surface area contributed by atoms with Crippen LogP contribution in [0, 0.1) is 0 Å². The second kappa shape index (κ2) is 7.53. The van der Waals surface area contributed by atoms with Gasteiger partial charge in [0.1, 0.15) is 16.3 Å². The number of benzene rings is 1. The molecule has 0 spiro atoms. The first kappa shape index (κ1) is 19.5. The molecule has 0 fully saturated rings. The summed E-state index contributed by atoms with van der Waals surface area (Å²) >= 11 is -1.68. The van der Waals surface area contributed by atoms with Gasteiger partial charge in [-0.05, 0) is 51.4 Å². The number of rotatable bonds is 6. The van der Waals surface area contributed by atoms with Gasteiger partial charge in [0.25, 0.3) is 0 Å². The number of sulfonamides is 1. The zero-order valence-electron chi connectivity index (χ0n) is 14.9. The molecule has 0 saturated carbocycles. The zero-order chi connectivity index (χ0) is 20.6. The summed E-state index contributed by atoms with van der Waals surface area (Å²) in [6.45, 7) is 0.117. The van der Waals surface area contributed by atoms with Crippen LogP contribution in [0.4, 0.5) is 0 Å². The van der Waals surface area contributed by atoms with Crippen LogP contribution in [0.1, 0.15) is 0 Å². The highest BCUT2D eigenvalue weighted by Crippen LogP contribution is 2.39.